The van der Waals surface area contributed by atoms with Crippen molar-refractivity contribution in [1.29, 1.82) is 0 Å². The predicted octanol–water partition coefficient (Wildman–Crippen LogP) is 2.23. The molecule has 2 aromatic heterocycles. The second-order valence-corrected chi connectivity index (χ2v) is 4.23. The van der Waals surface area contributed by atoms with Gasteiger partial charge in [-0.25, -0.2) is 9.67 Å². The first-order valence-corrected chi connectivity index (χ1v) is 5.72. The summed E-state index contributed by atoms with van der Waals surface area (Å²) in [4.78, 5) is 8.05. The van der Waals surface area contributed by atoms with E-state index >= 15 is 0 Å². The maximum atomic E-state index is 9.42. The Bertz CT molecular complexity index is 710. The molecule has 0 atom stereocenters. The lowest BCUT2D eigenvalue weighted by Gasteiger charge is -2.03. The fourth-order valence-electron chi connectivity index (χ4n) is 1.79. The fraction of sp³-hybridized carbons (Fsp3) is 0.0833. The summed E-state index contributed by atoms with van der Waals surface area (Å²) in [5.74, 6) is 0.233. The summed E-state index contributed by atoms with van der Waals surface area (Å²) in [7, 11) is 0. The normalized spacial score (nSPS) is 10.9. The summed E-state index contributed by atoms with van der Waals surface area (Å²) in [6, 6.07) is 7.02. The van der Waals surface area contributed by atoms with E-state index in [9.17, 15) is 5.11 Å². The van der Waals surface area contributed by atoms with Gasteiger partial charge in [-0.3, -0.25) is 0 Å². The lowest BCUT2D eigenvalue weighted by atomic mass is 10.2. The molecule has 0 saturated carbocycles. The molecule has 3 aromatic rings. The number of benzene rings is 1. The van der Waals surface area contributed by atoms with Gasteiger partial charge in [0.15, 0.2) is 5.65 Å². The average molecular weight is 261 g/mol. The van der Waals surface area contributed by atoms with Gasteiger partial charge in [0.2, 0.25) is 5.28 Å². The largest absolute Gasteiger partial charge is 0.508 e. The Morgan fingerprint density at radius 2 is 2.17 bits per heavy atom. The summed E-state index contributed by atoms with van der Waals surface area (Å²) < 4.78 is 1.72. The molecule has 0 unspecified atom stereocenters. The smallest absolute Gasteiger partial charge is 0.224 e. The maximum absolute atomic E-state index is 9.42. The van der Waals surface area contributed by atoms with Gasteiger partial charge in [-0.1, -0.05) is 12.1 Å². The van der Waals surface area contributed by atoms with Crippen LogP contribution < -0.4 is 0 Å². The van der Waals surface area contributed by atoms with Crippen LogP contribution in [0.3, 0.4) is 0 Å². The topological polar surface area (TPSA) is 63.8 Å². The molecule has 0 aliphatic heterocycles. The molecule has 0 spiro atoms. The number of rotatable bonds is 2. The Labute approximate surface area is 108 Å². The number of nitrogens with zero attached hydrogens (tertiary/aromatic N) is 4. The van der Waals surface area contributed by atoms with E-state index in [1.54, 1.807) is 35.3 Å². The van der Waals surface area contributed by atoms with Gasteiger partial charge in [0.1, 0.15) is 5.75 Å². The van der Waals surface area contributed by atoms with E-state index in [2.05, 4.69) is 15.1 Å². The van der Waals surface area contributed by atoms with Crippen molar-refractivity contribution in [3.63, 3.8) is 0 Å². The van der Waals surface area contributed by atoms with Gasteiger partial charge in [0.05, 0.1) is 18.1 Å². The van der Waals surface area contributed by atoms with Crippen LogP contribution in [-0.2, 0) is 6.54 Å². The lowest BCUT2D eigenvalue weighted by Crippen LogP contribution is -2.02. The molecular weight excluding hydrogens is 252 g/mol. The third-order valence-electron chi connectivity index (χ3n) is 2.59. The molecule has 3 rings (SSSR count). The minimum Gasteiger partial charge on any atom is -0.508 e. The number of halogens is 1. The van der Waals surface area contributed by atoms with Crippen LogP contribution in [0.25, 0.3) is 11.0 Å². The molecule has 1 N–H and O–H groups in total. The van der Waals surface area contributed by atoms with Gasteiger partial charge >= 0.3 is 0 Å². The van der Waals surface area contributed by atoms with Gasteiger partial charge in [0, 0.05) is 6.20 Å². The van der Waals surface area contributed by atoms with Crippen LogP contribution in [0.5, 0.6) is 5.75 Å². The Kier molecular flexibility index (Phi) is 2.60. The van der Waals surface area contributed by atoms with E-state index in [4.69, 9.17) is 11.6 Å². The van der Waals surface area contributed by atoms with Crippen LogP contribution in [0.15, 0.2) is 36.7 Å². The van der Waals surface area contributed by atoms with Crippen LogP contribution in [0.4, 0.5) is 0 Å². The number of phenols is 1. The minimum atomic E-state index is 0.195. The monoisotopic (exact) mass is 260 g/mol. The Morgan fingerprint density at radius 3 is 3.00 bits per heavy atom. The molecule has 18 heavy (non-hydrogen) atoms. The van der Waals surface area contributed by atoms with Crippen LogP contribution >= 0.6 is 11.6 Å². The minimum absolute atomic E-state index is 0.195. The molecule has 0 amide bonds. The van der Waals surface area contributed by atoms with Crippen molar-refractivity contribution in [2.24, 2.45) is 0 Å². The fourth-order valence-corrected chi connectivity index (χ4v) is 1.92. The lowest BCUT2D eigenvalue weighted by molar-refractivity contribution is 0.474. The molecule has 5 nitrogen and oxygen atoms in total. The van der Waals surface area contributed by atoms with Crippen molar-refractivity contribution < 1.29 is 5.11 Å². The van der Waals surface area contributed by atoms with Crippen LogP contribution in [-0.4, -0.2) is 24.9 Å². The molecule has 90 valence electrons. The zero-order chi connectivity index (χ0) is 12.5. The molecule has 0 aliphatic carbocycles. The zero-order valence-corrected chi connectivity index (χ0v) is 10.0. The average Bonchev–Trinajstić information content (AvgIpc) is 2.72. The molecule has 0 fully saturated rings. The molecule has 0 radical (unpaired) electrons. The second-order valence-electron chi connectivity index (χ2n) is 3.89. The number of aromatic nitrogens is 4. The highest BCUT2D eigenvalue weighted by atomic mass is 35.5. The Balaban J connectivity index is 2.02. The van der Waals surface area contributed by atoms with Gasteiger partial charge in [-0.05, 0) is 29.3 Å². The number of hydrogen-bond acceptors (Lipinski definition) is 4. The maximum Gasteiger partial charge on any atom is 0.224 e. The highest BCUT2D eigenvalue weighted by Gasteiger charge is 2.06. The molecule has 0 bridgehead atoms. The quantitative estimate of drug-likeness (QED) is 0.718. The second kappa shape index (κ2) is 4.27. The third kappa shape index (κ3) is 2.00. The number of hydrogen-bond donors (Lipinski definition) is 1. The molecular formula is C12H9ClN4O. The number of aromatic hydroxyl groups is 1. The Hall–Kier alpha value is -2.14. The molecule has 0 aliphatic rings. The third-order valence-corrected chi connectivity index (χ3v) is 2.77. The summed E-state index contributed by atoms with van der Waals surface area (Å²) in [5, 5.41) is 14.7. The zero-order valence-electron chi connectivity index (χ0n) is 9.29. The van der Waals surface area contributed by atoms with E-state index in [0.29, 0.717) is 12.2 Å². The summed E-state index contributed by atoms with van der Waals surface area (Å²) in [5.41, 5.74) is 1.62. The Morgan fingerprint density at radius 1 is 1.28 bits per heavy atom. The van der Waals surface area contributed by atoms with Crippen molar-refractivity contribution in [2.75, 3.05) is 0 Å². The first-order chi connectivity index (χ1) is 8.72. The van der Waals surface area contributed by atoms with E-state index < -0.39 is 0 Å². The van der Waals surface area contributed by atoms with E-state index in [-0.39, 0.29) is 11.0 Å². The predicted molar refractivity (Wildman–Crippen MR) is 67.5 cm³/mol. The van der Waals surface area contributed by atoms with Gasteiger partial charge < -0.3 is 5.11 Å². The first kappa shape index (κ1) is 11.0. The highest BCUT2D eigenvalue weighted by molar-refractivity contribution is 6.28. The standard InChI is InChI=1S/C12H9ClN4O/c13-12-14-5-9-6-15-17(11(9)16-12)7-8-2-1-3-10(18)4-8/h1-6,18H,7H2. The SMILES string of the molecule is Oc1cccc(Cn2ncc3cnc(Cl)nc32)c1. The summed E-state index contributed by atoms with van der Waals surface area (Å²) in [6.07, 6.45) is 3.32. The van der Waals surface area contributed by atoms with Crippen molar-refractivity contribution >= 4 is 22.6 Å². The molecule has 0 saturated heterocycles. The number of fused-ring (bicyclic) bond motifs is 1. The van der Waals surface area contributed by atoms with Crippen molar-refractivity contribution in [2.45, 2.75) is 6.54 Å². The van der Waals surface area contributed by atoms with Gasteiger partial charge in [-0.2, -0.15) is 10.1 Å². The van der Waals surface area contributed by atoms with Crippen molar-refractivity contribution in [3.05, 3.63) is 47.5 Å². The highest BCUT2D eigenvalue weighted by Crippen LogP contribution is 2.16. The first-order valence-electron chi connectivity index (χ1n) is 5.34. The molecule has 2 heterocycles. The molecule has 6 heteroatoms. The summed E-state index contributed by atoms with van der Waals surface area (Å²) >= 11 is 5.77. The van der Waals surface area contributed by atoms with E-state index in [0.717, 1.165) is 10.9 Å². The van der Waals surface area contributed by atoms with E-state index in [1.165, 1.54) is 0 Å². The molecule has 1 aromatic carbocycles. The van der Waals surface area contributed by atoms with Gasteiger partial charge in [0.25, 0.3) is 0 Å². The van der Waals surface area contributed by atoms with Crippen LogP contribution in [0, 0.1) is 0 Å². The summed E-state index contributed by atoms with van der Waals surface area (Å²) in [6.45, 7) is 0.519. The van der Waals surface area contributed by atoms with E-state index in [1.807, 2.05) is 6.07 Å². The van der Waals surface area contributed by atoms with Crippen LogP contribution in [0.1, 0.15) is 5.56 Å². The van der Waals surface area contributed by atoms with Crippen molar-refractivity contribution in [1.82, 2.24) is 19.7 Å². The van der Waals surface area contributed by atoms with Crippen molar-refractivity contribution in [3.8, 4) is 5.75 Å². The number of phenolic OH excluding ortho intramolecular Hbond substituents is 1. The van der Waals surface area contributed by atoms with Gasteiger partial charge in [-0.15, -0.1) is 0 Å². The van der Waals surface area contributed by atoms with Crippen LogP contribution in [0.2, 0.25) is 5.28 Å².